The van der Waals surface area contributed by atoms with E-state index in [-0.39, 0.29) is 24.5 Å². The number of ether oxygens (including phenoxy) is 1. The van der Waals surface area contributed by atoms with Crippen molar-refractivity contribution in [2.45, 2.75) is 45.1 Å². The Bertz CT molecular complexity index is 559. The van der Waals surface area contributed by atoms with E-state index < -0.39 is 0 Å². The van der Waals surface area contributed by atoms with E-state index in [0.717, 1.165) is 18.4 Å². The highest BCUT2D eigenvalue weighted by molar-refractivity contribution is 5.94. The summed E-state index contributed by atoms with van der Waals surface area (Å²) >= 11 is 0. The molecule has 0 radical (unpaired) electrons. The second kappa shape index (κ2) is 9.42. The van der Waals surface area contributed by atoms with Gasteiger partial charge in [-0.05, 0) is 42.9 Å². The number of carbonyl (C=O) groups excluding carboxylic acids is 2. The van der Waals surface area contributed by atoms with Crippen LogP contribution in [-0.4, -0.2) is 38.1 Å². The van der Waals surface area contributed by atoms with Crippen LogP contribution in [0.15, 0.2) is 24.3 Å². The van der Waals surface area contributed by atoms with E-state index in [4.69, 9.17) is 4.74 Å². The number of amides is 2. The van der Waals surface area contributed by atoms with E-state index >= 15 is 0 Å². The Kier molecular flexibility index (Phi) is 7.25. The van der Waals surface area contributed by atoms with Crippen LogP contribution in [0.3, 0.4) is 0 Å². The summed E-state index contributed by atoms with van der Waals surface area (Å²) in [5.41, 5.74) is 1.66. The molecule has 2 rings (SSSR count). The Hall–Kier alpha value is -1.88. The lowest BCUT2D eigenvalue weighted by Crippen LogP contribution is -2.32. The number of carbonyl (C=O) groups is 2. The van der Waals surface area contributed by atoms with Crippen molar-refractivity contribution in [3.8, 4) is 0 Å². The summed E-state index contributed by atoms with van der Waals surface area (Å²) in [6.07, 6.45) is 5.49. The average Bonchev–Trinajstić information content (AvgIpc) is 2.59. The van der Waals surface area contributed by atoms with E-state index in [1.54, 1.807) is 13.1 Å². The molecule has 24 heavy (non-hydrogen) atoms. The minimum atomic E-state index is -0.101. The Labute approximate surface area is 144 Å². The molecule has 0 aliphatic heterocycles. The number of rotatable bonds is 7. The quantitative estimate of drug-likeness (QED) is 0.805. The lowest BCUT2D eigenvalue weighted by Gasteiger charge is -2.26. The fourth-order valence-electron chi connectivity index (χ4n) is 3.13. The Morgan fingerprint density at radius 1 is 1.29 bits per heavy atom. The van der Waals surface area contributed by atoms with Gasteiger partial charge in [0.1, 0.15) is 6.61 Å². The molecule has 1 aromatic rings. The first kappa shape index (κ1) is 18.5. The third-order valence-electron chi connectivity index (χ3n) is 4.49. The highest BCUT2D eigenvalue weighted by atomic mass is 16.5. The topological polar surface area (TPSA) is 67.4 Å². The Balaban J connectivity index is 1.68. The summed E-state index contributed by atoms with van der Waals surface area (Å²) in [5.74, 6) is 0.520. The van der Waals surface area contributed by atoms with Crippen molar-refractivity contribution in [3.63, 3.8) is 0 Å². The van der Waals surface area contributed by atoms with Gasteiger partial charge in [0, 0.05) is 19.2 Å². The first-order chi connectivity index (χ1) is 11.6. The molecule has 0 heterocycles. The van der Waals surface area contributed by atoms with Crippen molar-refractivity contribution in [1.82, 2.24) is 10.6 Å². The maximum atomic E-state index is 11.9. The Morgan fingerprint density at radius 3 is 2.88 bits per heavy atom. The van der Waals surface area contributed by atoms with Crippen molar-refractivity contribution < 1.29 is 14.3 Å². The molecule has 1 saturated carbocycles. The minimum Gasteiger partial charge on any atom is -0.368 e. The van der Waals surface area contributed by atoms with Crippen LogP contribution in [-0.2, 0) is 16.0 Å². The molecule has 1 aliphatic rings. The predicted molar refractivity (Wildman–Crippen MR) is 93.9 cm³/mol. The zero-order chi connectivity index (χ0) is 17.4. The average molecular weight is 332 g/mol. The van der Waals surface area contributed by atoms with Crippen LogP contribution in [0.25, 0.3) is 0 Å². The summed E-state index contributed by atoms with van der Waals surface area (Å²) in [6.45, 7) is 2.92. The molecule has 5 heteroatoms. The summed E-state index contributed by atoms with van der Waals surface area (Å²) in [4.78, 5) is 23.5. The van der Waals surface area contributed by atoms with Crippen molar-refractivity contribution >= 4 is 11.8 Å². The summed E-state index contributed by atoms with van der Waals surface area (Å²) in [5, 5.41) is 5.49. The molecule has 0 unspecified atom stereocenters. The van der Waals surface area contributed by atoms with Crippen LogP contribution in [0.2, 0.25) is 0 Å². The van der Waals surface area contributed by atoms with Crippen LogP contribution in [0.5, 0.6) is 0 Å². The second-order valence-corrected chi connectivity index (χ2v) is 6.58. The largest absolute Gasteiger partial charge is 0.368 e. The molecular formula is C19H28N2O3. The smallest absolute Gasteiger partial charge is 0.251 e. The summed E-state index contributed by atoms with van der Waals surface area (Å²) < 4.78 is 5.72. The number of hydrogen-bond acceptors (Lipinski definition) is 3. The van der Waals surface area contributed by atoms with Crippen molar-refractivity contribution in [3.05, 3.63) is 35.4 Å². The van der Waals surface area contributed by atoms with Gasteiger partial charge in [-0.3, -0.25) is 9.59 Å². The SMILES string of the molecule is CNC(=O)c1cccc(CCNC(=O)CO[C@@H]2CCC[C@H](C)C2)c1. The van der Waals surface area contributed by atoms with Gasteiger partial charge in [-0.1, -0.05) is 31.9 Å². The standard InChI is InChI=1S/C19H28N2O3/c1-14-5-3-8-17(11-14)24-13-18(22)21-10-9-15-6-4-7-16(12-15)19(23)20-2/h4,6-7,12,14,17H,3,5,8-11,13H2,1-2H3,(H,20,23)(H,21,22)/t14-,17+/m0/s1. The predicted octanol–water partition coefficient (Wildman–Crippen LogP) is 2.30. The van der Waals surface area contributed by atoms with Crippen LogP contribution >= 0.6 is 0 Å². The van der Waals surface area contributed by atoms with E-state index in [0.29, 0.717) is 24.4 Å². The first-order valence-corrected chi connectivity index (χ1v) is 8.77. The molecule has 2 N–H and O–H groups in total. The highest BCUT2D eigenvalue weighted by Gasteiger charge is 2.19. The van der Waals surface area contributed by atoms with Crippen molar-refractivity contribution in [1.29, 1.82) is 0 Å². The molecule has 1 fully saturated rings. The molecule has 0 bridgehead atoms. The zero-order valence-electron chi connectivity index (χ0n) is 14.6. The fraction of sp³-hybridized carbons (Fsp3) is 0.579. The highest BCUT2D eigenvalue weighted by Crippen LogP contribution is 2.25. The van der Waals surface area contributed by atoms with E-state index in [1.165, 1.54) is 12.8 Å². The molecule has 1 aliphatic carbocycles. The van der Waals surface area contributed by atoms with Gasteiger partial charge in [-0.15, -0.1) is 0 Å². The van der Waals surface area contributed by atoms with Gasteiger partial charge >= 0.3 is 0 Å². The lowest BCUT2D eigenvalue weighted by atomic mass is 9.89. The summed E-state index contributed by atoms with van der Waals surface area (Å²) in [7, 11) is 1.61. The minimum absolute atomic E-state index is 0.0734. The van der Waals surface area contributed by atoms with Gasteiger partial charge < -0.3 is 15.4 Å². The van der Waals surface area contributed by atoms with Crippen LogP contribution in [0, 0.1) is 5.92 Å². The maximum absolute atomic E-state index is 11.9. The third-order valence-corrected chi connectivity index (χ3v) is 4.49. The second-order valence-electron chi connectivity index (χ2n) is 6.58. The molecule has 0 aromatic heterocycles. The van der Waals surface area contributed by atoms with Gasteiger partial charge in [0.05, 0.1) is 6.10 Å². The van der Waals surface area contributed by atoms with Gasteiger partial charge in [-0.25, -0.2) is 0 Å². The molecule has 1 aromatic carbocycles. The van der Waals surface area contributed by atoms with Crippen LogP contribution in [0.4, 0.5) is 0 Å². The molecule has 0 saturated heterocycles. The monoisotopic (exact) mass is 332 g/mol. The van der Waals surface area contributed by atoms with E-state index in [2.05, 4.69) is 17.6 Å². The van der Waals surface area contributed by atoms with Gasteiger partial charge in [0.25, 0.3) is 5.91 Å². The van der Waals surface area contributed by atoms with Gasteiger partial charge in [0.2, 0.25) is 5.91 Å². The molecule has 5 nitrogen and oxygen atoms in total. The molecule has 2 amide bonds. The zero-order valence-corrected chi connectivity index (χ0v) is 14.6. The van der Waals surface area contributed by atoms with E-state index in [9.17, 15) is 9.59 Å². The van der Waals surface area contributed by atoms with Gasteiger partial charge in [0.15, 0.2) is 0 Å². The molecule has 2 atom stereocenters. The molecular weight excluding hydrogens is 304 g/mol. The lowest BCUT2D eigenvalue weighted by molar-refractivity contribution is -0.128. The number of nitrogens with one attached hydrogen (secondary N) is 2. The van der Waals surface area contributed by atoms with Crippen LogP contribution < -0.4 is 10.6 Å². The molecule has 132 valence electrons. The number of hydrogen-bond donors (Lipinski definition) is 2. The van der Waals surface area contributed by atoms with Gasteiger partial charge in [-0.2, -0.15) is 0 Å². The normalized spacial score (nSPS) is 20.4. The molecule has 0 spiro atoms. The first-order valence-electron chi connectivity index (χ1n) is 8.77. The van der Waals surface area contributed by atoms with E-state index in [1.807, 2.05) is 18.2 Å². The third kappa shape index (κ3) is 5.96. The van der Waals surface area contributed by atoms with Crippen molar-refractivity contribution in [2.75, 3.05) is 20.2 Å². The Morgan fingerprint density at radius 2 is 2.12 bits per heavy atom. The summed E-state index contributed by atoms with van der Waals surface area (Å²) in [6, 6.07) is 7.44. The van der Waals surface area contributed by atoms with Crippen LogP contribution in [0.1, 0.15) is 48.5 Å². The fourth-order valence-corrected chi connectivity index (χ4v) is 3.13. The maximum Gasteiger partial charge on any atom is 0.251 e. The van der Waals surface area contributed by atoms with Crippen molar-refractivity contribution in [2.24, 2.45) is 5.92 Å². The number of benzene rings is 1.